The van der Waals surface area contributed by atoms with Crippen LogP contribution < -0.4 is 0 Å². The summed E-state index contributed by atoms with van der Waals surface area (Å²) < 4.78 is 1.91. The highest BCUT2D eigenvalue weighted by Crippen LogP contribution is 2.24. The maximum atomic E-state index is 9.51. The zero-order valence-electron chi connectivity index (χ0n) is 16.8. The Hall–Kier alpha value is -1.95. The van der Waals surface area contributed by atoms with Gasteiger partial charge in [0.2, 0.25) is 0 Å². The molecule has 1 aromatic carbocycles. The molecule has 146 valence electrons. The van der Waals surface area contributed by atoms with Gasteiger partial charge in [-0.2, -0.15) is 5.10 Å². The molecule has 0 amide bonds. The largest absolute Gasteiger partial charge is 0.396 e. The maximum Gasteiger partial charge on any atom is 0.0968 e. The van der Waals surface area contributed by atoms with E-state index < -0.39 is 0 Å². The first-order chi connectivity index (χ1) is 13.1. The van der Waals surface area contributed by atoms with Crippen LogP contribution in [-0.2, 0) is 13.6 Å². The van der Waals surface area contributed by atoms with E-state index in [9.17, 15) is 5.11 Å². The third-order valence-electron chi connectivity index (χ3n) is 5.23. The predicted octanol–water partition coefficient (Wildman–Crippen LogP) is 2.92. The third kappa shape index (κ3) is 5.28. The fourth-order valence-electron chi connectivity index (χ4n) is 3.80. The number of piperazine rings is 1. The number of aryl methyl sites for hydroxylation is 1. The molecule has 0 aliphatic carbocycles. The Balaban J connectivity index is 1.71. The molecule has 0 spiro atoms. The highest BCUT2D eigenvalue weighted by Gasteiger charge is 2.26. The fraction of sp³-hybridized carbons (Fsp3) is 0.500. The Kier molecular flexibility index (Phi) is 6.83. The van der Waals surface area contributed by atoms with E-state index in [-0.39, 0.29) is 6.61 Å². The number of hydrogen-bond acceptors (Lipinski definition) is 4. The molecule has 1 atom stereocenters. The molecule has 1 aromatic heterocycles. The summed E-state index contributed by atoms with van der Waals surface area (Å²) in [5, 5.41) is 14.2. The Morgan fingerprint density at radius 2 is 2.00 bits per heavy atom. The smallest absolute Gasteiger partial charge is 0.0968 e. The minimum absolute atomic E-state index is 0.242. The van der Waals surface area contributed by atoms with Crippen molar-refractivity contribution in [3.05, 3.63) is 53.7 Å². The van der Waals surface area contributed by atoms with Crippen LogP contribution >= 0.6 is 0 Å². The molecule has 5 nitrogen and oxygen atoms in total. The van der Waals surface area contributed by atoms with Crippen molar-refractivity contribution in [1.29, 1.82) is 0 Å². The summed E-state index contributed by atoms with van der Waals surface area (Å²) in [5.74, 6) is 0. The standard InChI is InChI=1S/C22H32N4O/c1-18(2)9-11-26-13-12-25(17-21(26)10-14-27)16-20-15-24(3)23-22(20)19-7-5-4-6-8-19/h4-9,15,21,27H,10-14,16-17H2,1-3H3/t21-/m1/s1. The Morgan fingerprint density at radius 3 is 2.70 bits per heavy atom. The molecule has 1 aliphatic heterocycles. The molecular formula is C22H32N4O. The van der Waals surface area contributed by atoms with E-state index in [0.717, 1.165) is 44.8 Å². The molecule has 2 heterocycles. The van der Waals surface area contributed by atoms with Crippen LogP contribution in [0.2, 0.25) is 0 Å². The van der Waals surface area contributed by atoms with Gasteiger partial charge < -0.3 is 5.11 Å². The summed E-state index contributed by atoms with van der Waals surface area (Å²) in [4.78, 5) is 5.00. The van der Waals surface area contributed by atoms with Crippen LogP contribution in [0.4, 0.5) is 0 Å². The highest BCUT2D eigenvalue weighted by atomic mass is 16.3. The number of nitrogens with zero attached hydrogens (tertiary/aromatic N) is 4. The van der Waals surface area contributed by atoms with Crippen LogP contribution in [0.1, 0.15) is 25.8 Å². The Bertz CT molecular complexity index is 749. The van der Waals surface area contributed by atoms with Crippen molar-refractivity contribution >= 4 is 0 Å². The van der Waals surface area contributed by atoms with Crippen molar-refractivity contribution in [1.82, 2.24) is 19.6 Å². The summed E-state index contributed by atoms with van der Waals surface area (Å²) >= 11 is 0. The van der Waals surface area contributed by atoms with E-state index in [2.05, 4.69) is 60.2 Å². The minimum atomic E-state index is 0.242. The SMILES string of the molecule is CC(C)=CCN1CCN(Cc2cn(C)nc2-c2ccccc2)C[C@H]1CCO. The van der Waals surface area contributed by atoms with Gasteiger partial charge in [0.15, 0.2) is 0 Å². The number of aliphatic hydroxyl groups is 1. The first kappa shape index (κ1) is 19.8. The molecule has 0 radical (unpaired) electrons. The van der Waals surface area contributed by atoms with Crippen LogP contribution in [0.15, 0.2) is 48.2 Å². The second-order valence-electron chi connectivity index (χ2n) is 7.72. The van der Waals surface area contributed by atoms with Crippen molar-refractivity contribution in [2.75, 3.05) is 32.8 Å². The lowest BCUT2D eigenvalue weighted by atomic mass is 10.1. The lowest BCUT2D eigenvalue weighted by Crippen LogP contribution is -2.53. The van der Waals surface area contributed by atoms with Crippen molar-refractivity contribution < 1.29 is 5.11 Å². The zero-order valence-corrected chi connectivity index (χ0v) is 16.8. The van der Waals surface area contributed by atoms with Crippen molar-refractivity contribution in [3.63, 3.8) is 0 Å². The van der Waals surface area contributed by atoms with Gasteiger partial charge in [-0.25, -0.2) is 0 Å². The molecule has 0 unspecified atom stereocenters. The molecule has 5 heteroatoms. The zero-order chi connectivity index (χ0) is 19.2. The maximum absolute atomic E-state index is 9.51. The van der Waals surface area contributed by atoms with Gasteiger partial charge in [0.1, 0.15) is 0 Å². The van der Waals surface area contributed by atoms with Crippen LogP contribution in [-0.4, -0.2) is 63.5 Å². The van der Waals surface area contributed by atoms with E-state index >= 15 is 0 Å². The van der Waals surface area contributed by atoms with Gasteiger partial charge in [0.05, 0.1) is 5.69 Å². The normalized spacial score (nSPS) is 18.6. The topological polar surface area (TPSA) is 44.5 Å². The highest BCUT2D eigenvalue weighted by molar-refractivity contribution is 5.62. The summed E-state index contributed by atoms with van der Waals surface area (Å²) in [5.41, 5.74) is 4.86. The van der Waals surface area contributed by atoms with Gasteiger partial charge >= 0.3 is 0 Å². The average Bonchev–Trinajstić information content (AvgIpc) is 3.02. The van der Waals surface area contributed by atoms with Gasteiger partial charge in [0.25, 0.3) is 0 Å². The number of rotatable bonds is 7. The van der Waals surface area contributed by atoms with Crippen LogP contribution in [0.5, 0.6) is 0 Å². The average molecular weight is 369 g/mol. The molecule has 0 saturated carbocycles. The summed E-state index contributed by atoms with van der Waals surface area (Å²) in [6, 6.07) is 10.8. The number of hydrogen-bond donors (Lipinski definition) is 1. The Morgan fingerprint density at radius 1 is 1.22 bits per heavy atom. The first-order valence-electron chi connectivity index (χ1n) is 9.85. The number of allylic oxidation sites excluding steroid dienone is 1. The summed E-state index contributed by atoms with van der Waals surface area (Å²) in [6.07, 6.45) is 5.25. The summed E-state index contributed by atoms with van der Waals surface area (Å²) in [6.45, 7) is 9.47. The van der Waals surface area contributed by atoms with E-state index in [4.69, 9.17) is 5.10 Å². The monoisotopic (exact) mass is 368 g/mol. The molecule has 3 rings (SSSR count). The van der Waals surface area contributed by atoms with Gasteiger partial charge in [-0.1, -0.05) is 42.0 Å². The quantitative estimate of drug-likeness (QED) is 0.763. The first-order valence-corrected chi connectivity index (χ1v) is 9.85. The second-order valence-corrected chi connectivity index (χ2v) is 7.72. The third-order valence-corrected chi connectivity index (χ3v) is 5.23. The van der Waals surface area contributed by atoms with Gasteiger partial charge in [0, 0.05) is 69.7 Å². The predicted molar refractivity (Wildman–Crippen MR) is 110 cm³/mol. The molecule has 2 aromatic rings. The minimum Gasteiger partial charge on any atom is -0.396 e. The number of aliphatic hydroxyl groups excluding tert-OH is 1. The van der Waals surface area contributed by atoms with Crippen LogP contribution in [0.25, 0.3) is 11.3 Å². The molecule has 1 aliphatic rings. The summed E-state index contributed by atoms with van der Waals surface area (Å²) in [7, 11) is 1.99. The van der Waals surface area contributed by atoms with Crippen LogP contribution in [0, 0.1) is 0 Å². The van der Waals surface area contributed by atoms with Crippen molar-refractivity contribution in [3.8, 4) is 11.3 Å². The fourth-order valence-corrected chi connectivity index (χ4v) is 3.80. The molecule has 1 fully saturated rings. The number of aromatic nitrogens is 2. The molecule has 0 bridgehead atoms. The van der Waals surface area contributed by atoms with Crippen molar-refractivity contribution in [2.24, 2.45) is 7.05 Å². The second kappa shape index (κ2) is 9.31. The molecule has 1 saturated heterocycles. The van der Waals surface area contributed by atoms with Crippen LogP contribution in [0.3, 0.4) is 0 Å². The van der Waals surface area contributed by atoms with E-state index in [1.807, 2.05) is 17.8 Å². The lowest BCUT2D eigenvalue weighted by molar-refractivity contribution is 0.0637. The Labute approximate surface area is 162 Å². The van der Waals surface area contributed by atoms with E-state index in [0.29, 0.717) is 6.04 Å². The van der Waals surface area contributed by atoms with Gasteiger partial charge in [-0.15, -0.1) is 0 Å². The number of benzene rings is 1. The lowest BCUT2D eigenvalue weighted by Gasteiger charge is -2.41. The molecular weight excluding hydrogens is 336 g/mol. The van der Waals surface area contributed by atoms with E-state index in [1.54, 1.807) is 0 Å². The van der Waals surface area contributed by atoms with E-state index in [1.165, 1.54) is 16.7 Å². The van der Waals surface area contributed by atoms with Gasteiger partial charge in [-0.3, -0.25) is 14.5 Å². The molecule has 27 heavy (non-hydrogen) atoms. The van der Waals surface area contributed by atoms with Gasteiger partial charge in [-0.05, 0) is 20.3 Å². The molecule has 1 N–H and O–H groups in total. The van der Waals surface area contributed by atoms with Crippen molar-refractivity contribution in [2.45, 2.75) is 32.9 Å².